The van der Waals surface area contributed by atoms with E-state index in [1.807, 2.05) is 0 Å². The Balaban J connectivity index is 4.34. The number of rotatable bonds is 16. The van der Waals surface area contributed by atoms with E-state index in [-0.39, 0.29) is 13.2 Å². The topological polar surface area (TPSA) is 46.2 Å². The smallest absolute Gasteiger partial charge is 0.184 e. The third-order valence-electron chi connectivity index (χ3n) is 2.08. The molecule has 0 amide bonds. The molecule has 0 heterocycles. The van der Waals surface area contributed by atoms with Gasteiger partial charge in [-0.15, -0.1) is 26.3 Å². The van der Waals surface area contributed by atoms with Gasteiger partial charge in [-0.2, -0.15) is 0 Å². The van der Waals surface area contributed by atoms with Gasteiger partial charge in [0.15, 0.2) is 12.6 Å². The summed E-state index contributed by atoms with van der Waals surface area (Å²) in [5.41, 5.74) is 0. The molecular weight excluding hydrogens is 272 g/mol. The van der Waals surface area contributed by atoms with E-state index in [4.69, 9.17) is 23.7 Å². The zero-order valence-corrected chi connectivity index (χ0v) is 12.6. The first kappa shape index (κ1) is 19.8. The normalized spacial score (nSPS) is 13.3. The molecule has 0 aromatic rings. The van der Waals surface area contributed by atoms with Gasteiger partial charge in [0.1, 0.15) is 0 Å². The van der Waals surface area contributed by atoms with Crippen LogP contribution in [0.1, 0.15) is 0 Å². The summed E-state index contributed by atoms with van der Waals surface area (Å²) in [5, 5.41) is 0. The standard InChI is InChI=1S/C16H26O5/c1-5-9-17-13-15(19-11-7-3)21-16(20-12-8-4)14-18-10-6-2/h5-8,15-16H,1-4,9-14H2. The molecule has 0 spiro atoms. The van der Waals surface area contributed by atoms with Crippen molar-refractivity contribution in [3.05, 3.63) is 50.6 Å². The second-order valence-corrected chi connectivity index (χ2v) is 3.89. The van der Waals surface area contributed by atoms with E-state index in [9.17, 15) is 0 Å². The van der Waals surface area contributed by atoms with E-state index in [1.54, 1.807) is 24.3 Å². The molecular formula is C16H26O5. The highest BCUT2D eigenvalue weighted by Gasteiger charge is 2.18. The largest absolute Gasteiger partial charge is 0.372 e. The lowest BCUT2D eigenvalue weighted by Gasteiger charge is -2.24. The number of ether oxygens (including phenoxy) is 5. The molecule has 0 N–H and O–H groups in total. The van der Waals surface area contributed by atoms with Crippen molar-refractivity contribution in [1.82, 2.24) is 0 Å². The lowest BCUT2D eigenvalue weighted by molar-refractivity contribution is -0.264. The first-order valence-electron chi connectivity index (χ1n) is 6.76. The van der Waals surface area contributed by atoms with Gasteiger partial charge in [0.2, 0.25) is 0 Å². The summed E-state index contributed by atoms with van der Waals surface area (Å²) in [5.74, 6) is 0. The molecule has 0 rings (SSSR count). The minimum atomic E-state index is -0.579. The zero-order chi connectivity index (χ0) is 15.8. The monoisotopic (exact) mass is 298 g/mol. The molecule has 0 aliphatic heterocycles. The third-order valence-corrected chi connectivity index (χ3v) is 2.08. The van der Waals surface area contributed by atoms with E-state index < -0.39 is 12.6 Å². The van der Waals surface area contributed by atoms with E-state index in [0.29, 0.717) is 26.4 Å². The van der Waals surface area contributed by atoms with Crippen LogP contribution in [0, 0.1) is 0 Å². The van der Waals surface area contributed by atoms with Crippen LogP contribution in [0.15, 0.2) is 50.6 Å². The molecule has 21 heavy (non-hydrogen) atoms. The van der Waals surface area contributed by atoms with E-state index >= 15 is 0 Å². The molecule has 2 atom stereocenters. The summed E-state index contributed by atoms with van der Waals surface area (Å²) in [7, 11) is 0. The van der Waals surface area contributed by atoms with Crippen molar-refractivity contribution in [1.29, 1.82) is 0 Å². The predicted octanol–water partition coefficient (Wildman–Crippen LogP) is 2.47. The Morgan fingerprint density at radius 1 is 0.619 bits per heavy atom. The Labute approximate surface area is 127 Å². The minimum absolute atomic E-state index is 0.259. The fourth-order valence-corrected chi connectivity index (χ4v) is 1.27. The first-order valence-corrected chi connectivity index (χ1v) is 6.76. The lowest BCUT2D eigenvalue weighted by atomic mass is 10.5. The zero-order valence-electron chi connectivity index (χ0n) is 12.6. The van der Waals surface area contributed by atoms with Crippen molar-refractivity contribution in [2.45, 2.75) is 12.6 Å². The van der Waals surface area contributed by atoms with Crippen LogP contribution in [0.3, 0.4) is 0 Å². The molecule has 2 unspecified atom stereocenters. The first-order chi connectivity index (χ1) is 10.3. The van der Waals surface area contributed by atoms with Crippen molar-refractivity contribution in [2.75, 3.05) is 39.6 Å². The Morgan fingerprint density at radius 3 is 1.33 bits per heavy atom. The lowest BCUT2D eigenvalue weighted by Crippen LogP contribution is -2.33. The summed E-state index contributed by atoms with van der Waals surface area (Å²) in [6, 6.07) is 0. The van der Waals surface area contributed by atoms with E-state index in [2.05, 4.69) is 26.3 Å². The van der Waals surface area contributed by atoms with Crippen LogP contribution in [0.2, 0.25) is 0 Å². The van der Waals surface area contributed by atoms with Crippen LogP contribution < -0.4 is 0 Å². The molecule has 120 valence electrons. The van der Waals surface area contributed by atoms with Gasteiger partial charge >= 0.3 is 0 Å². The third kappa shape index (κ3) is 12.2. The van der Waals surface area contributed by atoms with E-state index in [1.165, 1.54) is 0 Å². The van der Waals surface area contributed by atoms with Gasteiger partial charge in [0.25, 0.3) is 0 Å². The van der Waals surface area contributed by atoms with Gasteiger partial charge in [-0.05, 0) is 0 Å². The van der Waals surface area contributed by atoms with Crippen molar-refractivity contribution >= 4 is 0 Å². The summed E-state index contributed by atoms with van der Waals surface area (Å²) in [6.07, 6.45) is 5.43. The molecule has 0 radical (unpaired) electrons. The fourth-order valence-electron chi connectivity index (χ4n) is 1.27. The van der Waals surface area contributed by atoms with Crippen molar-refractivity contribution in [2.24, 2.45) is 0 Å². The molecule has 0 bridgehead atoms. The average Bonchev–Trinajstić information content (AvgIpc) is 2.50. The molecule has 0 saturated carbocycles. The Kier molecular flexibility index (Phi) is 14.3. The quantitative estimate of drug-likeness (QED) is 0.249. The van der Waals surface area contributed by atoms with Gasteiger partial charge in [-0.1, -0.05) is 24.3 Å². The average molecular weight is 298 g/mol. The highest BCUT2D eigenvalue weighted by molar-refractivity contribution is 4.68. The molecule has 0 aliphatic carbocycles. The Hall–Kier alpha value is -1.24. The Bertz CT molecular complexity index is 262. The van der Waals surface area contributed by atoms with Gasteiger partial charge in [0.05, 0.1) is 39.6 Å². The number of hydrogen-bond donors (Lipinski definition) is 0. The van der Waals surface area contributed by atoms with Crippen molar-refractivity contribution in [3.8, 4) is 0 Å². The highest BCUT2D eigenvalue weighted by atomic mass is 16.8. The van der Waals surface area contributed by atoms with Crippen molar-refractivity contribution < 1.29 is 23.7 Å². The molecule has 5 nitrogen and oxygen atoms in total. The fraction of sp³-hybridized carbons (Fsp3) is 0.500. The van der Waals surface area contributed by atoms with Gasteiger partial charge in [0, 0.05) is 0 Å². The Morgan fingerprint density at radius 2 is 1.00 bits per heavy atom. The summed E-state index contributed by atoms with van der Waals surface area (Å²) < 4.78 is 27.3. The SMILES string of the molecule is C=CCOCC(OCC=C)OC(COCC=C)OCC=C. The van der Waals surface area contributed by atoms with Crippen molar-refractivity contribution in [3.63, 3.8) is 0 Å². The molecule has 0 aliphatic rings. The summed E-state index contributed by atoms with van der Waals surface area (Å²) in [6.45, 7) is 16.4. The second kappa shape index (κ2) is 15.2. The predicted molar refractivity (Wildman–Crippen MR) is 83.0 cm³/mol. The highest BCUT2D eigenvalue weighted by Crippen LogP contribution is 2.05. The molecule has 0 fully saturated rings. The molecule has 0 aromatic heterocycles. The van der Waals surface area contributed by atoms with Gasteiger partial charge in [-0.3, -0.25) is 0 Å². The van der Waals surface area contributed by atoms with Gasteiger partial charge in [-0.25, -0.2) is 0 Å². The van der Waals surface area contributed by atoms with Gasteiger partial charge < -0.3 is 23.7 Å². The van der Waals surface area contributed by atoms with Crippen LogP contribution in [0.25, 0.3) is 0 Å². The van der Waals surface area contributed by atoms with Crippen LogP contribution in [-0.4, -0.2) is 52.2 Å². The molecule has 0 aromatic carbocycles. The molecule has 5 heteroatoms. The number of hydrogen-bond acceptors (Lipinski definition) is 5. The maximum atomic E-state index is 5.69. The maximum absolute atomic E-state index is 5.69. The van der Waals surface area contributed by atoms with Crippen LogP contribution >= 0.6 is 0 Å². The summed E-state index contributed by atoms with van der Waals surface area (Å²) in [4.78, 5) is 0. The summed E-state index contributed by atoms with van der Waals surface area (Å²) >= 11 is 0. The maximum Gasteiger partial charge on any atom is 0.184 e. The van der Waals surface area contributed by atoms with Crippen LogP contribution in [-0.2, 0) is 23.7 Å². The minimum Gasteiger partial charge on any atom is -0.372 e. The van der Waals surface area contributed by atoms with Crippen LogP contribution in [0.5, 0.6) is 0 Å². The van der Waals surface area contributed by atoms with E-state index in [0.717, 1.165) is 0 Å². The molecule has 0 saturated heterocycles. The second-order valence-electron chi connectivity index (χ2n) is 3.89. The van der Waals surface area contributed by atoms with Crippen LogP contribution in [0.4, 0.5) is 0 Å².